The molecule has 0 spiro atoms. The Kier molecular flexibility index (Phi) is 5.63. The van der Waals surface area contributed by atoms with Crippen LogP contribution in [0.3, 0.4) is 0 Å². The molecule has 0 saturated carbocycles. The van der Waals surface area contributed by atoms with Gasteiger partial charge in [0.1, 0.15) is 0 Å². The van der Waals surface area contributed by atoms with Crippen molar-refractivity contribution in [2.45, 2.75) is 17.0 Å². The van der Waals surface area contributed by atoms with E-state index in [1.807, 2.05) is 0 Å². The zero-order valence-corrected chi connectivity index (χ0v) is 12.6. The van der Waals surface area contributed by atoms with Crippen LogP contribution >= 0.6 is 0 Å². The van der Waals surface area contributed by atoms with E-state index in [0.29, 0.717) is 8.80 Å². The van der Waals surface area contributed by atoms with Crippen LogP contribution in [0.5, 0.6) is 0 Å². The molecule has 0 aromatic heterocycles. The molecular weight excluding hydrogens is 148 g/mol. The third-order valence-corrected chi connectivity index (χ3v) is 13.5. The summed E-state index contributed by atoms with van der Waals surface area (Å²) in [4.78, 5) is 0. The molecule has 43 valence electrons. The molecule has 0 unspecified atom stereocenters. The predicted molar refractivity (Wildman–Crippen MR) is 50.0 cm³/mol. The van der Waals surface area contributed by atoms with Gasteiger partial charge in [0.05, 0.1) is 0 Å². The Labute approximate surface area is 57.0 Å². The van der Waals surface area contributed by atoms with Gasteiger partial charge in [0.15, 0.2) is 0 Å². The van der Waals surface area contributed by atoms with Crippen LogP contribution in [0.2, 0.25) is 17.0 Å². The van der Waals surface area contributed by atoms with Gasteiger partial charge in [-0.1, -0.05) is 17.0 Å². The molecule has 0 nitrogen and oxygen atoms in total. The van der Waals surface area contributed by atoms with E-state index in [1.165, 1.54) is 30.7 Å². The molecule has 0 bridgehead atoms. The van der Waals surface area contributed by atoms with Gasteiger partial charge in [0, 0.05) is 8.80 Å². The summed E-state index contributed by atoms with van der Waals surface area (Å²) < 4.78 is 0. The fourth-order valence-electron chi connectivity index (χ4n) is 0.750. The summed E-state index contributed by atoms with van der Waals surface area (Å²) in [6.07, 6.45) is 0. The molecule has 4 heteroatoms. The van der Waals surface area contributed by atoms with Gasteiger partial charge < -0.3 is 0 Å². The molecule has 0 aromatic carbocycles. The SMILES string of the molecule is [SiH3]C[Si](C[SiH3])C[SiH3]. The van der Waals surface area contributed by atoms with Crippen molar-refractivity contribution in [3.8, 4) is 0 Å². The zero-order chi connectivity index (χ0) is 5.70. The second-order valence-corrected chi connectivity index (χ2v) is 11.8. The van der Waals surface area contributed by atoms with E-state index in [4.69, 9.17) is 0 Å². The van der Waals surface area contributed by atoms with E-state index >= 15 is 0 Å². The quantitative estimate of drug-likeness (QED) is 0.402. The van der Waals surface area contributed by atoms with Gasteiger partial charge >= 0.3 is 0 Å². The first-order valence-electron chi connectivity index (χ1n) is 3.18. The van der Waals surface area contributed by atoms with Crippen molar-refractivity contribution < 1.29 is 0 Å². The normalized spacial score (nSPS) is 11.6. The molecule has 0 N–H and O–H groups in total. The highest BCUT2D eigenvalue weighted by Gasteiger charge is 1.98. The van der Waals surface area contributed by atoms with Crippen molar-refractivity contribution in [3.63, 3.8) is 0 Å². The third kappa shape index (κ3) is 3.45. The number of rotatable bonds is 3. The van der Waals surface area contributed by atoms with Gasteiger partial charge in [-0.05, 0) is 30.7 Å². The van der Waals surface area contributed by atoms with E-state index in [1.54, 1.807) is 17.0 Å². The van der Waals surface area contributed by atoms with E-state index in [9.17, 15) is 0 Å². The average Bonchev–Trinajstić information content (AvgIpc) is 1.72. The Hall–Kier alpha value is 0.868. The second kappa shape index (κ2) is 5.01. The Morgan fingerprint density at radius 3 is 1.14 bits per heavy atom. The smallest absolute Gasteiger partial charge is 0.0370 e. The van der Waals surface area contributed by atoms with Crippen LogP contribution < -0.4 is 0 Å². The lowest BCUT2D eigenvalue weighted by Gasteiger charge is -2.02. The Morgan fingerprint density at radius 2 is 1.14 bits per heavy atom. The lowest BCUT2D eigenvalue weighted by molar-refractivity contribution is 1.71. The highest BCUT2D eigenvalue weighted by Crippen LogP contribution is 1.94. The van der Waals surface area contributed by atoms with E-state index in [-0.39, 0.29) is 0 Å². The van der Waals surface area contributed by atoms with Gasteiger partial charge in [0.2, 0.25) is 0 Å². The minimum Gasteiger partial charge on any atom is -0.0717 e. The maximum absolute atomic E-state index is 1.66. The molecule has 0 aliphatic carbocycles. The van der Waals surface area contributed by atoms with Crippen LogP contribution in [0.15, 0.2) is 0 Å². The molecule has 0 atom stereocenters. The highest BCUT2D eigenvalue weighted by atomic mass is 28.3. The number of hydrogen-bond acceptors (Lipinski definition) is 0. The molecule has 0 amide bonds. The Bertz CT molecular complexity index is 28.4. The molecule has 0 aromatic rings. The zero-order valence-electron chi connectivity index (χ0n) is 5.62. The standard InChI is InChI=1S/C3H15Si4/c4-1-7(2-5)3-6/h1-3H2,4-6H3. The van der Waals surface area contributed by atoms with Crippen LogP contribution in [-0.2, 0) is 0 Å². The summed E-state index contributed by atoms with van der Waals surface area (Å²) in [6.45, 7) is 0. The Morgan fingerprint density at radius 1 is 0.857 bits per heavy atom. The van der Waals surface area contributed by atoms with Crippen molar-refractivity contribution in [2.24, 2.45) is 0 Å². The van der Waals surface area contributed by atoms with Gasteiger partial charge in [-0.25, -0.2) is 0 Å². The molecule has 0 aliphatic rings. The summed E-state index contributed by atoms with van der Waals surface area (Å²) in [6, 6.07) is 0. The van der Waals surface area contributed by atoms with Crippen LogP contribution in [-0.4, -0.2) is 39.5 Å². The Balaban J connectivity index is 2.99. The molecule has 1 radical (unpaired) electrons. The van der Waals surface area contributed by atoms with Crippen LogP contribution in [0.25, 0.3) is 0 Å². The molecule has 0 aliphatic heterocycles. The summed E-state index contributed by atoms with van der Waals surface area (Å²) in [5, 5.41) is 0. The first-order valence-corrected chi connectivity index (χ1v) is 9.55. The molecule has 0 saturated heterocycles. The van der Waals surface area contributed by atoms with Crippen molar-refractivity contribution in [3.05, 3.63) is 0 Å². The third-order valence-electron chi connectivity index (χ3n) is 1.50. The maximum atomic E-state index is 1.66. The van der Waals surface area contributed by atoms with Crippen LogP contribution in [0, 0.1) is 0 Å². The van der Waals surface area contributed by atoms with Crippen molar-refractivity contribution in [1.29, 1.82) is 0 Å². The summed E-state index contributed by atoms with van der Waals surface area (Å²) in [5.41, 5.74) is 4.99. The van der Waals surface area contributed by atoms with Gasteiger partial charge in [-0.2, -0.15) is 0 Å². The summed E-state index contributed by atoms with van der Waals surface area (Å²) in [5.74, 6) is 0. The minimum absolute atomic E-state index is 0.323. The molecule has 7 heavy (non-hydrogen) atoms. The molecular formula is C3H15Si4. The van der Waals surface area contributed by atoms with Crippen molar-refractivity contribution in [2.75, 3.05) is 0 Å². The van der Waals surface area contributed by atoms with E-state index < -0.39 is 0 Å². The van der Waals surface area contributed by atoms with Gasteiger partial charge in [0.25, 0.3) is 0 Å². The lowest BCUT2D eigenvalue weighted by Crippen LogP contribution is -2.10. The lowest BCUT2D eigenvalue weighted by atomic mass is 11.8. The molecule has 0 fully saturated rings. The van der Waals surface area contributed by atoms with E-state index in [0.717, 1.165) is 0 Å². The topological polar surface area (TPSA) is 0 Å². The van der Waals surface area contributed by atoms with Crippen molar-refractivity contribution >= 4 is 39.5 Å². The highest BCUT2D eigenvalue weighted by molar-refractivity contribution is 6.74. The summed E-state index contributed by atoms with van der Waals surface area (Å²) >= 11 is 0. The first-order chi connectivity index (χ1) is 3.35. The largest absolute Gasteiger partial charge is 0.0717 e. The van der Waals surface area contributed by atoms with Crippen LogP contribution in [0.4, 0.5) is 0 Å². The average molecular weight is 163 g/mol. The summed E-state index contributed by atoms with van der Waals surface area (Å²) in [7, 11) is 4.77. The fourth-order valence-corrected chi connectivity index (χ4v) is 20.2. The van der Waals surface area contributed by atoms with E-state index in [2.05, 4.69) is 0 Å². The minimum atomic E-state index is 0.323. The first kappa shape index (κ1) is 7.87. The maximum Gasteiger partial charge on any atom is 0.0370 e. The molecule has 0 rings (SSSR count). The second-order valence-electron chi connectivity index (χ2n) is 1.81. The number of hydrogen-bond donors (Lipinski definition) is 0. The fraction of sp³-hybridized carbons (Fsp3) is 1.00. The van der Waals surface area contributed by atoms with Gasteiger partial charge in [-0.15, -0.1) is 0 Å². The monoisotopic (exact) mass is 163 g/mol. The molecule has 0 heterocycles. The van der Waals surface area contributed by atoms with Gasteiger partial charge in [-0.3, -0.25) is 0 Å². The predicted octanol–water partition coefficient (Wildman–Crippen LogP) is -2.55. The van der Waals surface area contributed by atoms with Crippen molar-refractivity contribution in [1.82, 2.24) is 0 Å². The van der Waals surface area contributed by atoms with Crippen LogP contribution in [0.1, 0.15) is 0 Å².